The Kier molecular flexibility index (Phi) is 7.14. The molecule has 7 nitrogen and oxygen atoms in total. The highest BCUT2D eigenvalue weighted by atomic mass is 16.5. The van der Waals surface area contributed by atoms with Crippen LogP contribution in [0.25, 0.3) is 10.9 Å². The Bertz CT molecular complexity index is 840. The van der Waals surface area contributed by atoms with E-state index < -0.39 is 0 Å². The zero-order valence-electron chi connectivity index (χ0n) is 17.5. The number of nitrogens with zero attached hydrogens (tertiary/aromatic N) is 1. The molecule has 1 aromatic heterocycles. The third kappa shape index (κ3) is 5.09. The summed E-state index contributed by atoms with van der Waals surface area (Å²) in [7, 11) is 3.29. The van der Waals surface area contributed by atoms with Crippen molar-refractivity contribution in [2.45, 2.75) is 26.2 Å². The molecule has 1 aliphatic rings. The normalized spacial score (nSPS) is 16.0. The highest BCUT2D eigenvalue weighted by molar-refractivity contribution is 5.98. The van der Waals surface area contributed by atoms with Crippen molar-refractivity contribution < 1.29 is 19.1 Å². The van der Waals surface area contributed by atoms with E-state index in [0.29, 0.717) is 37.9 Å². The van der Waals surface area contributed by atoms with Crippen molar-refractivity contribution in [2.24, 2.45) is 11.8 Å². The van der Waals surface area contributed by atoms with Gasteiger partial charge in [0, 0.05) is 56.2 Å². The largest absolute Gasteiger partial charge is 0.497 e. The quantitative estimate of drug-likeness (QED) is 0.666. The number of aromatic nitrogens is 1. The summed E-state index contributed by atoms with van der Waals surface area (Å²) in [6.07, 6.45) is 2.50. The van der Waals surface area contributed by atoms with Crippen LogP contribution in [-0.4, -0.2) is 62.2 Å². The average Bonchev–Trinajstić information content (AvgIpc) is 3.19. The minimum Gasteiger partial charge on any atom is -0.497 e. The lowest BCUT2D eigenvalue weighted by Crippen LogP contribution is -2.43. The van der Waals surface area contributed by atoms with Crippen molar-refractivity contribution in [3.8, 4) is 5.75 Å². The number of piperidine rings is 1. The molecule has 2 N–H and O–H groups in total. The fourth-order valence-corrected chi connectivity index (χ4v) is 3.92. The van der Waals surface area contributed by atoms with Gasteiger partial charge in [-0.3, -0.25) is 9.59 Å². The van der Waals surface area contributed by atoms with Crippen LogP contribution in [0.3, 0.4) is 0 Å². The fraction of sp³-hybridized carbons (Fsp3) is 0.545. The number of H-pyrrole nitrogens is 1. The van der Waals surface area contributed by atoms with Crippen LogP contribution in [0.4, 0.5) is 0 Å². The number of fused-ring (bicyclic) bond motifs is 1. The molecule has 0 spiro atoms. The number of carbonyl (C=O) groups excluding carboxylic acids is 2. The van der Waals surface area contributed by atoms with E-state index in [1.807, 2.05) is 36.1 Å². The molecule has 1 aliphatic heterocycles. The van der Waals surface area contributed by atoms with E-state index in [2.05, 4.69) is 10.3 Å². The topological polar surface area (TPSA) is 83.7 Å². The lowest BCUT2D eigenvalue weighted by atomic mass is 9.84. The lowest BCUT2D eigenvalue weighted by Gasteiger charge is -2.34. The van der Waals surface area contributed by atoms with E-state index in [-0.39, 0.29) is 17.7 Å². The highest BCUT2D eigenvalue weighted by Crippen LogP contribution is 2.27. The summed E-state index contributed by atoms with van der Waals surface area (Å²) in [5.74, 6) is 1.11. The molecule has 2 heterocycles. The molecule has 0 aliphatic carbocycles. The second-order valence-electron chi connectivity index (χ2n) is 7.69. The first-order valence-electron chi connectivity index (χ1n) is 10.3. The van der Waals surface area contributed by atoms with Gasteiger partial charge < -0.3 is 24.7 Å². The number of benzene rings is 1. The van der Waals surface area contributed by atoms with Crippen molar-refractivity contribution in [1.82, 2.24) is 15.2 Å². The highest BCUT2D eigenvalue weighted by Gasteiger charge is 2.30. The molecule has 0 bridgehead atoms. The van der Waals surface area contributed by atoms with E-state index >= 15 is 0 Å². The molecule has 0 saturated carbocycles. The molecule has 1 aromatic carbocycles. The first kappa shape index (κ1) is 21.2. The van der Waals surface area contributed by atoms with Crippen molar-refractivity contribution in [3.63, 3.8) is 0 Å². The van der Waals surface area contributed by atoms with E-state index in [1.54, 1.807) is 14.2 Å². The smallest absolute Gasteiger partial charge is 0.270 e. The van der Waals surface area contributed by atoms with Crippen LogP contribution in [0, 0.1) is 11.8 Å². The molecule has 2 aromatic rings. The molecule has 1 saturated heterocycles. The van der Waals surface area contributed by atoms with E-state index in [9.17, 15) is 9.59 Å². The number of carbonyl (C=O) groups is 2. The fourth-order valence-electron chi connectivity index (χ4n) is 3.92. The lowest BCUT2D eigenvalue weighted by molar-refractivity contribution is -0.126. The average molecular weight is 402 g/mol. The second-order valence-corrected chi connectivity index (χ2v) is 7.69. The molecule has 29 heavy (non-hydrogen) atoms. The maximum absolute atomic E-state index is 12.9. The molecule has 7 heteroatoms. The summed E-state index contributed by atoms with van der Waals surface area (Å²) in [5, 5.41) is 3.97. The Hall–Kier alpha value is -2.54. The van der Waals surface area contributed by atoms with Gasteiger partial charge >= 0.3 is 0 Å². The van der Waals surface area contributed by atoms with Crippen LogP contribution in [0.5, 0.6) is 5.75 Å². The van der Waals surface area contributed by atoms with Gasteiger partial charge in [-0.05, 0) is 43.4 Å². The van der Waals surface area contributed by atoms with Gasteiger partial charge in [0.15, 0.2) is 0 Å². The Labute approximate surface area is 171 Å². The van der Waals surface area contributed by atoms with Gasteiger partial charge in [-0.25, -0.2) is 0 Å². The minimum absolute atomic E-state index is 0.00953. The molecular formula is C22H31N3O4. The SMILES string of the molecule is COCCCNC(=O)C(C)C1CCN(C(=O)c2cc3ccc(OC)cc3[nH]2)CC1. The maximum atomic E-state index is 12.9. The number of hydrogen-bond donors (Lipinski definition) is 2. The van der Waals surface area contributed by atoms with Crippen molar-refractivity contribution in [3.05, 3.63) is 30.0 Å². The Morgan fingerprint density at radius 1 is 1.24 bits per heavy atom. The van der Waals surface area contributed by atoms with Gasteiger partial charge in [-0.1, -0.05) is 6.92 Å². The molecule has 158 valence electrons. The van der Waals surface area contributed by atoms with E-state index in [1.165, 1.54) is 0 Å². The second kappa shape index (κ2) is 9.78. The summed E-state index contributed by atoms with van der Waals surface area (Å²) < 4.78 is 10.2. The van der Waals surface area contributed by atoms with Crippen LogP contribution >= 0.6 is 0 Å². The van der Waals surface area contributed by atoms with Crippen LogP contribution in [0.2, 0.25) is 0 Å². The van der Waals surface area contributed by atoms with E-state index in [4.69, 9.17) is 9.47 Å². The summed E-state index contributed by atoms with van der Waals surface area (Å²) >= 11 is 0. The summed E-state index contributed by atoms with van der Waals surface area (Å²) in [6.45, 7) is 4.61. The van der Waals surface area contributed by atoms with Gasteiger partial charge in [0.1, 0.15) is 11.4 Å². The minimum atomic E-state index is -0.0460. The number of methoxy groups -OCH3 is 2. The number of rotatable bonds is 8. The van der Waals surface area contributed by atoms with Gasteiger partial charge in [0.25, 0.3) is 5.91 Å². The van der Waals surface area contributed by atoms with Crippen LogP contribution in [-0.2, 0) is 9.53 Å². The first-order valence-corrected chi connectivity index (χ1v) is 10.3. The molecule has 1 unspecified atom stereocenters. The zero-order valence-corrected chi connectivity index (χ0v) is 17.5. The first-order chi connectivity index (χ1) is 14.0. The molecule has 1 atom stereocenters. The molecular weight excluding hydrogens is 370 g/mol. The summed E-state index contributed by atoms with van der Waals surface area (Å²) in [5.41, 5.74) is 1.48. The van der Waals surface area contributed by atoms with Gasteiger partial charge in [0.2, 0.25) is 5.91 Å². The number of ether oxygens (including phenoxy) is 2. The van der Waals surface area contributed by atoms with E-state index in [0.717, 1.165) is 35.9 Å². The number of aromatic amines is 1. The number of hydrogen-bond acceptors (Lipinski definition) is 4. The Morgan fingerprint density at radius 3 is 2.69 bits per heavy atom. The van der Waals surface area contributed by atoms with Gasteiger partial charge in [-0.15, -0.1) is 0 Å². The van der Waals surface area contributed by atoms with Gasteiger partial charge in [-0.2, -0.15) is 0 Å². The monoisotopic (exact) mass is 401 g/mol. The molecule has 1 fully saturated rings. The van der Waals surface area contributed by atoms with Crippen molar-refractivity contribution >= 4 is 22.7 Å². The van der Waals surface area contributed by atoms with Crippen molar-refractivity contribution in [1.29, 1.82) is 0 Å². The Morgan fingerprint density at radius 2 is 2.00 bits per heavy atom. The van der Waals surface area contributed by atoms with Crippen LogP contribution in [0.15, 0.2) is 24.3 Å². The standard InChI is InChI=1S/C22H31N3O4/c1-15(21(26)23-9-4-12-28-2)16-7-10-25(11-8-16)22(27)20-13-17-5-6-18(29-3)14-19(17)24-20/h5-6,13-16,24H,4,7-12H2,1-3H3,(H,23,26). The predicted octanol–water partition coefficient (Wildman–Crippen LogP) is 2.82. The summed E-state index contributed by atoms with van der Waals surface area (Å²) in [4.78, 5) is 30.3. The van der Waals surface area contributed by atoms with Crippen LogP contribution < -0.4 is 10.1 Å². The summed E-state index contributed by atoms with van der Waals surface area (Å²) in [6, 6.07) is 7.61. The zero-order chi connectivity index (χ0) is 20.8. The number of likely N-dealkylation sites (tertiary alicyclic amines) is 1. The number of amides is 2. The predicted molar refractivity (Wildman–Crippen MR) is 112 cm³/mol. The number of nitrogens with one attached hydrogen (secondary N) is 2. The third-order valence-corrected chi connectivity index (χ3v) is 5.83. The molecule has 3 rings (SSSR count). The Balaban J connectivity index is 1.53. The van der Waals surface area contributed by atoms with Crippen LogP contribution in [0.1, 0.15) is 36.7 Å². The maximum Gasteiger partial charge on any atom is 0.270 e. The molecule has 2 amide bonds. The third-order valence-electron chi connectivity index (χ3n) is 5.83. The van der Waals surface area contributed by atoms with Gasteiger partial charge in [0.05, 0.1) is 7.11 Å². The molecule has 0 radical (unpaired) electrons. The van der Waals surface area contributed by atoms with Crippen molar-refractivity contribution in [2.75, 3.05) is 40.5 Å².